The third-order valence-corrected chi connectivity index (χ3v) is 4.18. The van der Waals surface area contributed by atoms with Crippen molar-refractivity contribution in [3.05, 3.63) is 58.3 Å². The van der Waals surface area contributed by atoms with Crippen molar-refractivity contribution in [3.63, 3.8) is 0 Å². The van der Waals surface area contributed by atoms with Gasteiger partial charge in [-0.2, -0.15) is 13.5 Å². The van der Waals surface area contributed by atoms with Crippen molar-refractivity contribution >= 4 is 32.2 Å². The molecule has 0 unspecified atom stereocenters. The quantitative estimate of drug-likeness (QED) is 0.521. The van der Waals surface area contributed by atoms with E-state index in [1.807, 2.05) is 6.92 Å². The van der Waals surface area contributed by atoms with Gasteiger partial charge in [0.05, 0.1) is 11.1 Å². The predicted octanol–water partition coefficient (Wildman–Crippen LogP) is 2.46. The van der Waals surface area contributed by atoms with Crippen LogP contribution in [-0.4, -0.2) is 19.6 Å². The van der Waals surface area contributed by atoms with E-state index in [4.69, 9.17) is 0 Å². The lowest BCUT2D eigenvalue weighted by atomic mass is 10.2. The molecule has 1 N–H and O–H groups in total. The van der Waals surface area contributed by atoms with Gasteiger partial charge in [-0.1, -0.05) is 17.7 Å². The van der Waals surface area contributed by atoms with Crippen LogP contribution in [-0.2, 0) is 10.0 Å². The number of nitrogens with one attached hydrogen (secondary N) is 1. The van der Waals surface area contributed by atoms with Crippen LogP contribution < -0.4 is 4.83 Å². The zero-order valence-corrected chi connectivity index (χ0v) is 13.0. The Kier molecular flexibility index (Phi) is 4.51. The molecule has 20 heavy (non-hydrogen) atoms. The second-order valence-corrected chi connectivity index (χ2v) is 6.55. The molecule has 0 bridgehead atoms. The Balaban J connectivity index is 2.09. The summed E-state index contributed by atoms with van der Waals surface area (Å²) < 4.78 is 24.6. The largest absolute Gasteiger partial charge is 0.276 e. The van der Waals surface area contributed by atoms with E-state index in [0.717, 1.165) is 5.56 Å². The molecule has 104 valence electrons. The van der Waals surface area contributed by atoms with E-state index in [0.29, 0.717) is 10.2 Å². The van der Waals surface area contributed by atoms with Gasteiger partial charge in [-0.25, -0.2) is 9.82 Å². The predicted molar refractivity (Wildman–Crippen MR) is 81.0 cm³/mol. The van der Waals surface area contributed by atoms with Crippen molar-refractivity contribution in [2.24, 2.45) is 5.10 Å². The smallest absolute Gasteiger partial charge is 0.249 e. The van der Waals surface area contributed by atoms with E-state index in [9.17, 15) is 8.42 Å². The fourth-order valence-electron chi connectivity index (χ4n) is 1.40. The average Bonchev–Trinajstić information content (AvgIpc) is 2.41. The van der Waals surface area contributed by atoms with Gasteiger partial charge in [-0.3, -0.25) is 0 Å². The highest BCUT2D eigenvalue weighted by atomic mass is 79.9. The highest BCUT2D eigenvalue weighted by Gasteiger charge is 2.11. The van der Waals surface area contributed by atoms with Gasteiger partial charge < -0.3 is 0 Å². The maximum atomic E-state index is 11.9. The normalized spacial score (nSPS) is 11.7. The number of pyridine rings is 1. The van der Waals surface area contributed by atoms with Gasteiger partial charge in [0.2, 0.25) is 0 Å². The Morgan fingerprint density at radius 3 is 2.50 bits per heavy atom. The first kappa shape index (κ1) is 14.7. The molecule has 2 aromatic rings. The monoisotopic (exact) mass is 353 g/mol. The molecule has 0 aliphatic rings. The minimum atomic E-state index is -3.63. The molecular weight excluding hydrogens is 342 g/mol. The summed E-state index contributed by atoms with van der Waals surface area (Å²) in [5.74, 6) is 0. The van der Waals surface area contributed by atoms with Crippen molar-refractivity contribution in [1.82, 2.24) is 9.82 Å². The molecule has 0 fully saturated rings. The van der Waals surface area contributed by atoms with Crippen LogP contribution in [0.4, 0.5) is 0 Å². The van der Waals surface area contributed by atoms with Crippen molar-refractivity contribution in [3.8, 4) is 0 Å². The number of aromatic nitrogens is 1. The number of sulfonamides is 1. The molecule has 2 rings (SSSR count). The number of hydrogen-bond acceptors (Lipinski definition) is 4. The van der Waals surface area contributed by atoms with Gasteiger partial charge in [0.25, 0.3) is 10.0 Å². The van der Waals surface area contributed by atoms with Gasteiger partial charge in [-0.15, -0.1) is 0 Å². The maximum Gasteiger partial charge on any atom is 0.276 e. The van der Waals surface area contributed by atoms with Crippen LogP contribution in [0.25, 0.3) is 0 Å². The molecule has 0 amide bonds. The average molecular weight is 354 g/mol. The third kappa shape index (κ3) is 3.88. The summed E-state index contributed by atoms with van der Waals surface area (Å²) in [4.78, 5) is 6.35. The van der Waals surface area contributed by atoms with Gasteiger partial charge >= 0.3 is 0 Å². The third-order valence-electron chi connectivity index (χ3n) is 2.47. The Labute approximate surface area is 125 Å². The second-order valence-electron chi connectivity index (χ2n) is 4.08. The number of hydrazone groups is 1. The van der Waals surface area contributed by atoms with Gasteiger partial charge in [0.15, 0.2) is 0 Å². The van der Waals surface area contributed by atoms with Crippen molar-refractivity contribution in [2.45, 2.75) is 11.8 Å². The first-order valence-electron chi connectivity index (χ1n) is 5.70. The number of aryl methyl sites for hydroxylation is 1. The molecule has 0 radical (unpaired) electrons. The Morgan fingerprint density at radius 1 is 1.20 bits per heavy atom. The molecule has 1 aromatic carbocycles. The van der Waals surface area contributed by atoms with Gasteiger partial charge in [0, 0.05) is 11.8 Å². The van der Waals surface area contributed by atoms with Crippen LogP contribution in [0.2, 0.25) is 0 Å². The van der Waals surface area contributed by atoms with E-state index >= 15 is 0 Å². The SMILES string of the molecule is Cc1ccc(S(=O)(=O)NN=Cc2ccc(Br)nc2)cc1. The zero-order valence-electron chi connectivity index (χ0n) is 10.6. The van der Waals surface area contributed by atoms with Crippen LogP contribution in [0.1, 0.15) is 11.1 Å². The number of benzene rings is 1. The second kappa shape index (κ2) is 6.15. The lowest BCUT2D eigenvalue weighted by molar-refractivity contribution is 0.584. The zero-order chi connectivity index (χ0) is 14.6. The molecule has 0 spiro atoms. The topological polar surface area (TPSA) is 71.4 Å². The Hall–Kier alpha value is -1.73. The molecule has 0 saturated carbocycles. The molecule has 0 aliphatic carbocycles. The maximum absolute atomic E-state index is 11.9. The van der Waals surface area contributed by atoms with E-state index in [1.165, 1.54) is 18.3 Å². The van der Waals surface area contributed by atoms with E-state index in [1.54, 1.807) is 30.5 Å². The van der Waals surface area contributed by atoms with Gasteiger partial charge in [-0.05, 0) is 47.1 Å². The van der Waals surface area contributed by atoms with Crippen molar-refractivity contribution in [1.29, 1.82) is 0 Å². The molecule has 0 saturated heterocycles. The van der Waals surface area contributed by atoms with Crippen molar-refractivity contribution in [2.75, 3.05) is 0 Å². The van der Waals surface area contributed by atoms with Gasteiger partial charge in [0.1, 0.15) is 4.60 Å². The Morgan fingerprint density at radius 2 is 1.90 bits per heavy atom. The Bertz CT molecular complexity index is 710. The van der Waals surface area contributed by atoms with Crippen LogP contribution in [0.15, 0.2) is 57.2 Å². The summed E-state index contributed by atoms with van der Waals surface area (Å²) >= 11 is 3.21. The molecule has 0 atom stereocenters. The van der Waals surface area contributed by atoms with E-state index in [2.05, 4.69) is 30.8 Å². The number of hydrogen-bond donors (Lipinski definition) is 1. The van der Waals surface area contributed by atoms with Crippen LogP contribution in [0.3, 0.4) is 0 Å². The fraction of sp³-hybridized carbons (Fsp3) is 0.0769. The molecule has 7 heteroatoms. The lowest BCUT2D eigenvalue weighted by Crippen LogP contribution is -2.18. The summed E-state index contributed by atoms with van der Waals surface area (Å²) in [7, 11) is -3.63. The standard InChI is InChI=1S/C13H12BrN3O2S/c1-10-2-5-12(6-3-10)20(18,19)17-16-9-11-4-7-13(14)15-8-11/h2-9,17H,1H3. The molecular formula is C13H12BrN3O2S. The molecule has 1 heterocycles. The number of nitrogens with zero attached hydrogens (tertiary/aromatic N) is 2. The van der Waals surface area contributed by atoms with Crippen LogP contribution in [0, 0.1) is 6.92 Å². The lowest BCUT2D eigenvalue weighted by Gasteiger charge is -2.03. The van der Waals surface area contributed by atoms with Crippen molar-refractivity contribution < 1.29 is 8.42 Å². The minimum absolute atomic E-state index is 0.175. The first-order valence-corrected chi connectivity index (χ1v) is 7.98. The molecule has 1 aromatic heterocycles. The van der Waals surface area contributed by atoms with Crippen LogP contribution in [0.5, 0.6) is 0 Å². The summed E-state index contributed by atoms with van der Waals surface area (Å²) in [6.45, 7) is 1.89. The highest BCUT2D eigenvalue weighted by molar-refractivity contribution is 9.10. The summed E-state index contributed by atoms with van der Waals surface area (Å²) in [5, 5.41) is 3.72. The number of rotatable bonds is 4. The fourth-order valence-corrected chi connectivity index (χ4v) is 2.43. The van der Waals surface area contributed by atoms with Crippen LogP contribution >= 0.6 is 15.9 Å². The number of halogens is 1. The summed E-state index contributed by atoms with van der Waals surface area (Å²) in [5.41, 5.74) is 1.69. The molecule has 5 nitrogen and oxygen atoms in total. The summed E-state index contributed by atoms with van der Waals surface area (Å²) in [6, 6.07) is 10.0. The minimum Gasteiger partial charge on any atom is -0.249 e. The molecule has 0 aliphatic heterocycles. The first-order chi connectivity index (χ1) is 9.47. The van der Waals surface area contributed by atoms with E-state index in [-0.39, 0.29) is 4.90 Å². The summed E-state index contributed by atoms with van der Waals surface area (Å²) in [6.07, 6.45) is 2.97. The van der Waals surface area contributed by atoms with E-state index < -0.39 is 10.0 Å². The highest BCUT2D eigenvalue weighted by Crippen LogP contribution is 2.09.